The minimum Gasteiger partial charge on any atom is -0.342 e. The van der Waals surface area contributed by atoms with Crippen molar-refractivity contribution in [2.24, 2.45) is 0 Å². The Hall–Kier alpha value is -2.62. The Bertz CT molecular complexity index is 1050. The minimum atomic E-state index is 0.823. The molecule has 0 fully saturated rings. The molecule has 0 amide bonds. The second-order valence-electron chi connectivity index (χ2n) is 7.06. The maximum atomic E-state index is 6.62. The first-order valence-electron chi connectivity index (χ1n) is 9.86. The number of benzene rings is 3. The average Bonchev–Trinajstić information content (AvgIpc) is 3.14. The standard InChI is InChI=1S/C24H24ClN3/c1-2-18-7-3-4-8-19(18)20-12-11-17(15-21(20)25)16-26-14-13-24-27-22-9-5-6-10-23(22)28-24/h3-12,15,26H,2,13-14,16H2,1H3,(H,27,28)/p+1. The number of aromatic nitrogens is 2. The second-order valence-corrected chi connectivity index (χ2v) is 7.46. The lowest BCUT2D eigenvalue weighted by atomic mass is 9.97. The predicted molar refractivity (Wildman–Crippen MR) is 117 cm³/mol. The molecular formula is C24H25ClN3+. The number of H-pyrrole nitrogens is 1. The van der Waals surface area contributed by atoms with Crippen molar-refractivity contribution < 1.29 is 5.32 Å². The van der Waals surface area contributed by atoms with E-state index in [2.05, 4.69) is 70.7 Å². The Balaban J connectivity index is 1.37. The van der Waals surface area contributed by atoms with Gasteiger partial charge in [-0.3, -0.25) is 0 Å². The highest BCUT2D eigenvalue weighted by atomic mass is 35.5. The summed E-state index contributed by atoms with van der Waals surface area (Å²) in [6.07, 6.45) is 1.92. The Morgan fingerprint density at radius 3 is 2.61 bits per heavy atom. The van der Waals surface area contributed by atoms with E-state index in [1.165, 1.54) is 16.7 Å². The van der Waals surface area contributed by atoms with E-state index in [-0.39, 0.29) is 0 Å². The van der Waals surface area contributed by atoms with Crippen LogP contribution in [-0.4, -0.2) is 16.5 Å². The molecule has 0 saturated carbocycles. The third-order valence-corrected chi connectivity index (χ3v) is 5.44. The van der Waals surface area contributed by atoms with Crippen molar-refractivity contribution >= 4 is 22.6 Å². The van der Waals surface area contributed by atoms with E-state index in [1.54, 1.807) is 0 Å². The monoisotopic (exact) mass is 390 g/mol. The lowest BCUT2D eigenvalue weighted by Crippen LogP contribution is -2.83. The van der Waals surface area contributed by atoms with Gasteiger partial charge in [0.25, 0.3) is 0 Å². The fourth-order valence-corrected chi connectivity index (χ4v) is 3.93. The predicted octanol–water partition coefficient (Wildman–Crippen LogP) is 4.75. The Kier molecular flexibility index (Phi) is 5.75. The van der Waals surface area contributed by atoms with Crippen molar-refractivity contribution in [2.75, 3.05) is 6.54 Å². The van der Waals surface area contributed by atoms with E-state index in [1.807, 2.05) is 18.2 Å². The molecule has 28 heavy (non-hydrogen) atoms. The Labute approximate surface area is 170 Å². The zero-order chi connectivity index (χ0) is 19.3. The van der Waals surface area contributed by atoms with Gasteiger partial charge < -0.3 is 10.3 Å². The highest BCUT2D eigenvalue weighted by Crippen LogP contribution is 2.31. The molecule has 0 aliphatic rings. The van der Waals surface area contributed by atoms with Crippen LogP contribution in [0.5, 0.6) is 0 Å². The van der Waals surface area contributed by atoms with Gasteiger partial charge in [-0.15, -0.1) is 0 Å². The van der Waals surface area contributed by atoms with Crippen molar-refractivity contribution in [1.29, 1.82) is 0 Å². The topological polar surface area (TPSA) is 45.3 Å². The van der Waals surface area contributed by atoms with Gasteiger partial charge in [0.15, 0.2) is 0 Å². The third-order valence-electron chi connectivity index (χ3n) is 5.13. The molecule has 142 valence electrons. The molecule has 0 aliphatic carbocycles. The molecule has 0 aliphatic heterocycles. The molecule has 0 saturated heterocycles. The fourth-order valence-electron chi connectivity index (χ4n) is 3.63. The number of nitrogens with zero attached hydrogens (tertiary/aromatic N) is 1. The lowest BCUT2D eigenvalue weighted by Gasteiger charge is -2.11. The van der Waals surface area contributed by atoms with E-state index < -0.39 is 0 Å². The van der Waals surface area contributed by atoms with Crippen molar-refractivity contribution in [1.82, 2.24) is 9.97 Å². The van der Waals surface area contributed by atoms with Crippen LogP contribution in [0.3, 0.4) is 0 Å². The summed E-state index contributed by atoms with van der Waals surface area (Å²) < 4.78 is 0. The first-order valence-corrected chi connectivity index (χ1v) is 10.2. The molecule has 4 aromatic rings. The van der Waals surface area contributed by atoms with E-state index in [9.17, 15) is 0 Å². The van der Waals surface area contributed by atoms with Crippen LogP contribution < -0.4 is 5.32 Å². The number of hydrogen-bond acceptors (Lipinski definition) is 1. The highest BCUT2D eigenvalue weighted by Gasteiger charge is 2.09. The molecule has 1 aromatic heterocycles. The van der Waals surface area contributed by atoms with Gasteiger partial charge in [-0.05, 0) is 35.7 Å². The quantitative estimate of drug-likeness (QED) is 0.439. The molecule has 4 rings (SSSR count). The van der Waals surface area contributed by atoms with E-state index in [0.29, 0.717) is 0 Å². The van der Waals surface area contributed by atoms with Crippen LogP contribution in [0.1, 0.15) is 23.9 Å². The smallest absolute Gasteiger partial charge is 0.112 e. The Morgan fingerprint density at radius 2 is 1.79 bits per heavy atom. The summed E-state index contributed by atoms with van der Waals surface area (Å²) in [5, 5.41) is 3.13. The minimum absolute atomic E-state index is 0.823. The average molecular weight is 391 g/mol. The number of nitrogens with two attached hydrogens (primary N) is 1. The molecule has 4 heteroatoms. The van der Waals surface area contributed by atoms with Gasteiger partial charge in [0.05, 0.1) is 24.0 Å². The van der Waals surface area contributed by atoms with Crippen molar-refractivity contribution in [3.05, 3.63) is 88.7 Å². The number of para-hydroxylation sites is 2. The van der Waals surface area contributed by atoms with Crippen LogP contribution in [0.2, 0.25) is 5.02 Å². The number of fused-ring (bicyclic) bond motifs is 1. The summed E-state index contributed by atoms with van der Waals surface area (Å²) in [6.45, 7) is 4.07. The SMILES string of the molecule is CCc1ccccc1-c1ccc(C[NH2+]CCc2nc3ccccc3[nH]2)cc1Cl. The first-order chi connectivity index (χ1) is 13.7. The van der Waals surface area contributed by atoms with E-state index in [0.717, 1.165) is 53.4 Å². The maximum absolute atomic E-state index is 6.62. The van der Waals surface area contributed by atoms with Crippen molar-refractivity contribution in [3.8, 4) is 11.1 Å². The number of nitrogens with one attached hydrogen (secondary N) is 1. The van der Waals surface area contributed by atoms with Gasteiger partial charge in [-0.2, -0.15) is 0 Å². The van der Waals surface area contributed by atoms with Gasteiger partial charge >= 0.3 is 0 Å². The molecule has 0 bridgehead atoms. The molecule has 3 N–H and O–H groups in total. The molecule has 3 nitrogen and oxygen atoms in total. The number of quaternary nitrogens is 1. The summed E-state index contributed by atoms with van der Waals surface area (Å²) in [4.78, 5) is 8.02. The number of hydrogen-bond donors (Lipinski definition) is 2. The summed E-state index contributed by atoms with van der Waals surface area (Å²) in [5.74, 6) is 1.04. The summed E-state index contributed by atoms with van der Waals surface area (Å²) in [7, 11) is 0. The second kappa shape index (κ2) is 8.59. The highest BCUT2D eigenvalue weighted by molar-refractivity contribution is 6.33. The van der Waals surface area contributed by atoms with Gasteiger partial charge in [-0.25, -0.2) is 4.98 Å². The van der Waals surface area contributed by atoms with Crippen LogP contribution in [0.25, 0.3) is 22.2 Å². The van der Waals surface area contributed by atoms with E-state index in [4.69, 9.17) is 11.6 Å². The van der Waals surface area contributed by atoms with Crippen LogP contribution in [0, 0.1) is 0 Å². The van der Waals surface area contributed by atoms with Crippen molar-refractivity contribution in [3.63, 3.8) is 0 Å². The van der Waals surface area contributed by atoms with Crippen LogP contribution in [0.4, 0.5) is 0 Å². The molecule has 0 atom stereocenters. The number of aromatic amines is 1. The lowest BCUT2D eigenvalue weighted by molar-refractivity contribution is -0.670. The molecule has 0 spiro atoms. The van der Waals surface area contributed by atoms with Crippen LogP contribution in [0.15, 0.2) is 66.7 Å². The van der Waals surface area contributed by atoms with E-state index >= 15 is 0 Å². The largest absolute Gasteiger partial charge is 0.342 e. The van der Waals surface area contributed by atoms with Crippen molar-refractivity contribution in [2.45, 2.75) is 26.3 Å². The fraction of sp³-hybridized carbons (Fsp3) is 0.208. The van der Waals surface area contributed by atoms with Gasteiger partial charge in [0, 0.05) is 16.1 Å². The molecule has 1 heterocycles. The number of halogens is 1. The maximum Gasteiger partial charge on any atom is 0.112 e. The zero-order valence-corrected chi connectivity index (χ0v) is 16.8. The number of aryl methyl sites for hydroxylation is 1. The molecular weight excluding hydrogens is 366 g/mol. The Morgan fingerprint density at radius 1 is 0.964 bits per heavy atom. The molecule has 0 unspecified atom stereocenters. The summed E-state index contributed by atoms with van der Waals surface area (Å²) in [6, 6.07) is 23.1. The zero-order valence-electron chi connectivity index (χ0n) is 16.1. The summed E-state index contributed by atoms with van der Waals surface area (Å²) >= 11 is 6.62. The van der Waals surface area contributed by atoms with Gasteiger partial charge in [-0.1, -0.05) is 67.1 Å². The number of rotatable bonds is 7. The van der Waals surface area contributed by atoms with Crippen LogP contribution >= 0.6 is 11.6 Å². The molecule has 0 radical (unpaired) electrons. The van der Waals surface area contributed by atoms with Gasteiger partial charge in [0.2, 0.25) is 0 Å². The first kappa shape index (κ1) is 18.7. The van der Waals surface area contributed by atoms with Crippen LogP contribution in [-0.2, 0) is 19.4 Å². The normalized spacial score (nSPS) is 11.2. The molecule has 3 aromatic carbocycles. The van der Waals surface area contributed by atoms with Gasteiger partial charge in [0.1, 0.15) is 12.4 Å². The number of imidazole rings is 1. The third kappa shape index (κ3) is 4.11. The summed E-state index contributed by atoms with van der Waals surface area (Å²) in [5.41, 5.74) is 7.06.